The molecule has 0 saturated heterocycles. The molecule has 1 aromatic rings. The van der Waals surface area contributed by atoms with Crippen molar-refractivity contribution in [3.63, 3.8) is 0 Å². The highest BCUT2D eigenvalue weighted by Gasteiger charge is 1.98. The third-order valence-electron chi connectivity index (χ3n) is 1.04. The summed E-state index contributed by atoms with van der Waals surface area (Å²) in [6.07, 6.45) is 5.62. The Bertz CT molecular complexity index is 143. The van der Waals surface area contributed by atoms with Gasteiger partial charge in [-0.1, -0.05) is 0 Å². The second-order valence-corrected chi connectivity index (χ2v) is 1.80. The van der Waals surface area contributed by atoms with E-state index in [0.717, 1.165) is 0 Å². The van der Waals surface area contributed by atoms with Crippen LogP contribution in [0.2, 0.25) is 0 Å². The van der Waals surface area contributed by atoms with Crippen molar-refractivity contribution in [2.75, 3.05) is 0 Å². The number of H-pyrrole nitrogens is 1. The van der Waals surface area contributed by atoms with Gasteiger partial charge in [-0.2, -0.15) is 0 Å². The average molecular weight is 112 g/mol. The summed E-state index contributed by atoms with van der Waals surface area (Å²) in [5, 5.41) is 0. The molecule has 3 nitrogen and oxygen atoms in total. The molecule has 44 valence electrons. The highest BCUT2D eigenvalue weighted by atomic mass is 15.1. The van der Waals surface area contributed by atoms with E-state index in [9.17, 15) is 0 Å². The van der Waals surface area contributed by atoms with E-state index in [1.807, 2.05) is 30.2 Å². The van der Waals surface area contributed by atoms with Gasteiger partial charge >= 0.3 is 0 Å². The Labute approximate surface area is 48.1 Å². The summed E-state index contributed by atoms with van der Waals surface area (Å²) >= 11 is 0. The number of nitrogens with one attached hydrogen (secondary N) is 1. The Morgan fingerprint density at radius 1 is 1.75 bits per heavy atom. The Kier molecular flexibility index (Phi) is 1.30. The number of rotatable bonds is 1. The van der Waals surface area contributed by atoms with Crippen molar-refractivity contribution in [1.29, 1.82) is 0 Å². The maximum atomic E-state index is 5.50. The number of hydrogen-bond acceptors (Lipinski definition) is 1. The maximum Gasteiger partial charge on any atom is 0.242 e. The lowest BCUT2D eigenvalue weighted by Gasteiger charge is -1.95. The van der Waals surface area contributed by atoms with E-state index >= 15 is 0 Å². The molecule has 0 saturated carbocycles. The summed E-state index contributed by atoms with van der Waals surface area (Å²) in [5.41, 5.74) is 5.50. The molecule has 3 N–H and O–H groups in total. The molecule has 3 heteroatoms. The monoisotopic (exact) mass is 112 g/mol. The van der Waals surface area contributed by atoms with Gasteiger partial charge in [0.15, 0.2) is 0 Å². The van der Waals surface area contributed by atoms with Crippen molar-refractivity contribution in [2.45, 2.75) is 13.1 Å². The number of imidazole rings is 1. The zero-order valence-corrected chi connectivity index (χ0v) is 4.83. The van der Waals surface area contributed by atoms with Gasteiger partial charge in [0.25, 0.3) is 0 Å². The Balaban J connectivity index is 2.77. The zero-order chi connectivity index (χ0) is 5.98. The topological polar surface area (TPSA) is 45.7 Å². The lowest BCUT2D eigenvalue weighted by molar-refractivity contribution is -0.717. The third kappa shape index (κ3) is 0.869. The van der Waals surface area contributed by atoms with Crippen LogP contribution in [-0.4, -0.2) is 4.98 Å². The first-order valence-corrected chi connectivity index (χ1v) is 2.60. The van der Waals surface area contributed by atoms with Crippen LogP contribution in [0, 0.1) is 0 Å². The van der Waals surface area contributed by atoms with Crippen LogP contribution < -0.4 is 10.3 Å². The fraction of sp³-hybridized carbons (Fsp3) is 0.400. The molecule has 0 aliphatic carbocycles. The summed E-state index contributed by atoms with van der Waals surface area (Å²) in [7, 11) is 0. The van der Waals surface area contributed by atoms with Crippen molar-refractivity contribution >= 4 is 0 Å². The summed E-state index contributed by atoms with van der Waals surface area (Å²) in [5.74, 6) is 0. The van der Waals surface area contributed by atoms with Crippen molar-refractivity contribution < 1.29 is 4.57 Å². The summed E-state index contributed by atoms with van der Waals surface area (Å²) in [6, 6.07) is 0. The van der Waals surface area contributed by atoms with Crippen LogP contribution in [0.4, 0.5) is 0 Å². The average Bonchev–Trinajstić information content (AvgIpc) is 2.12. The molecule has 1 atom stereocenters. The van der Waals surface area contributed by atoms with E-state index in [0.29, 0.717) is 0 Å². The first kappa shape index (κ1) is 5.31. The minimum Gasteiger partial charge on any atom is -0.293 e. The fourth-order valence-corrected chi connectivity index (χ4v) is 0.555. The first-order valence-electron chi connectivity index (χ1n) is 2.60. The van der Waals surface area contributed by atoms with Gasteiger partial charge in [-0.3, -0.25) is 10.7 Å². The van der Waals surface area contributed by atoms with Gasteiger partial charge in [0, 0.05) is 0 Å². The molecule has 0 spiro atoms. The maximum absolute atomic E-state index is 5.50. The van der Waals surface area contributed by atoms with E-state index in [2.05, 4.69) is 4.98 Å². The second-order valence-electron chi connectivity index (χ2n) is 1.80. The van der Waals surface area contributed by atoms with Crippen molar-refractivity contribution in [2.24, 2.45) is 5.73 Å². The molecule has 0 fully saturated rings. The Morgan fingerprint density at radius 3 is 2.75 bits per heavy atom. The van der Waals surface area contributed by atoms with Crippen molar-refractivity contribution in [3.8, 4) is 0 Å². The Hall–Kier alpha value is -0.830. The summed E-state index contributed by atoms with van der Waals surface area (Å²) in [4.78, 5) is 2.89. The minimum absolute atomic E-state index is 0.0706. The number of nitrogens with zero attached hydrogens (tertiary/aromatic N) is 1. The summed E-state index contributed by atoms with van der Waals surface area (Å²) < 4.78 is 1.89. The molecular weight excluding hydrogens is 102 g/mol. The van der Waals surface area contributed by atoms with Crippen LogP contribution in [0.15, 0.2) is 18.7 Å². The van der Waals surface area contributed by atoms with Crippen LogP contribution in [0.1, 0.15) is 13.1 Å². The normalized spacial score (nSPS) is 13.8. The van der Waals surface area contributed by atoms with Crippen LogP contribution >= 0.6 is 0 Å². The summed E-state index contributed by atoms with van der Waals surface area (Å²) in [6.45, 7) is 1.92. The number of aromatic amines is 1. The molecule has 8 heavy (non-hydrogen) atoms. The third-order valence-corrected chi connectivity index (χ3v) is 1.04. The van der Waals surface area contributed by atoms with Gasteiger partial charge in [-0.15, -0.1) is 0 Å². The largest absolute Gasteiger partial charge is 0.293 e. The number of hydrogen-bond donors (Lipinski definition) is 2. The molecule has 0 aliphatic heterocycles. The van der Waals surface area contributed by atoms with Gasteiger partial charge in [0.2, 0.25) is 6.33 Å². The van der Waals surface area contributed by atoms with Gasteiger partial charge in [-0.25, -0.2) is 4.57 Å². The quantitative estimate of drug-likeness (QED) is 0.485. The highest BCUT2D eigenvalue weighted by molar-refractivity contribution is 4.56. The van der Waals surface area contributed by atoms with E-state index in [4.69, 9.17) is 5.73 Å². The predicted octanol–water partition coefficient (Wildman–Crippen LogP) is -0.221. The van der Waals surface area contributed by atoms with Gasteiger partial charge < -0.3 is 0 Å². The number of nitrogens with two attached hydrogens (primary N) is 1. The molecule has 0 amide bonds. The molecule has 0 bridgehead atoms. The van der Waals surface area contributed by atoms with Crippen LogP contribution in [-0.2, 0) is 0 Å². The molecular formula is C5H10N3+. The molecule has 1 aromatic heterocycles. The van der Waals surface area contributed by atoms with Crippen molar-refractivity contribution in [1.82, 2.24) is 4.98 Å². The van der Waals surface area contributed by atoms with E-state index < -0.39 is 0 Å². The molecule has 1 rings (SSSR count). The van der Waals surface area contributed by atoms with Crippen LogP contribution in [0.3, 0.4) is 0 Å². The predicted molar refractivity (Wildman–Crippen MR) is 29.9 cm³/mol. The SMILES string of the molecule is CC(N)[n+]1cc[nH]c1. The minimum atomic E-state index is 0.0706. The van der Waals surface area contributed by atoms with E-state index in [1.165, 1.54) is 0 Å². The lowest BCUT2D eigenvalue weighted by Crippen LogP contribution is -2.40. The first-order chi connectivity index (χ1) is 3.80. The van der Waals surface area contributed by atoms with Crippen LogP contribution in [0.5, 0.6) is 0 Å². The second kappa shape index (κ2) is 1.96. The van der Waals surface area contributed by atoms with Gasteiger partial charge in [0.1, 0.15) is 18.6 Å². The molecule has 0 aromatic carbocycles. The van der Waals surface area contributed by atoms with Gasteiger partial charge in [0.05, 0.1) is 0 Å². The standard InChI is InChI=1S/C5H9N3/c1-5(6)8-3-2-7-4-8/h2-5H,6H2,1H3/p+1. The van der Waals surface area contributed by atoms with Crippen LogP contribution in [0.25, 0.3) is 0 Å². The molecule has 1 unspecified atom stereocenters. The van der Waals surface area contributed by atoms with Gasteiger partial charge in [-0.05, 0) is 6.92 Å². The van der Waals surface area contributed by atoms with E-state index in [-0.39, 0.29) is 6.17 Å². The molecule has 0 radical (unpaired) electrons. The Morgan fingerprint density at radius 2 is 2.50 bits per heavy atom. The highest BCUT2D eigenvalue weighted by Crippen LogP contribution is 1.77. The fourth-order valence-electron chi connectivity index (χ4n) is 0.555. The smallest absolute Gasteiger partial charge is 0.242 e. The lowest BCUT2D eigenvalue weighted by atomic mass is 10.6. The van der Waals surface area contributed by atoms with E-state index in [1.54, 1.807) is 0 Å². The number of aromatic nitrogens is 2. The zero-order valence-electron chi connectivity index (χ0n) is 4.83. The molecule has 0 aliphatic rings. The molecule has 1 heterocycles. The van der Waals surface area contributed by atoms with Crippen molar-refractivity contribution in [3.05, 3.63) is 18.7 Å².